The van der Waals surface area contributed by atoms with E-state index in [4.69, 9.17) is 4.74 Å². The standard InChI is InChI=1S/C19H33N3O5/c1-5-7-13(15(23)17(25)20-12-9-10-12)21-16(24)14-8-6-11-22(14)18(26)27-19(2,3)4/h12-15,23H,5-11H2,1-4H3,(H,20,25)(H,21,24)/t13?,14-,15?/m0/s1. The van der Waals surface area contributed by atoms with Crippen molar-refractivity contribution in [2.45, 2.75) is 96.1 Å². The minimum absolute atomic E-state index is 0.141. The average molecular weight is 383 g/mol. The molecule has 1 saturated carbocycles. The lowest BCUT2D eigenvalue weighted by atomic mass is 10.0. The molecule has 2 fully saturated rings. The smallest absolute Gasteiger partial charge is 0.410 e. The second kappa shape index (κ2) is 8.91. The lowest BCUT2D eigenvalue weighted by Crippen LogP contribution is -2.55. The summed E-state index contributed by atoms with van der Waals surface area (Å²) in [6.07, 6.45) is 2.47. The molecule has 27 heavy (non-hydrogen) atoms. The van der Waals surface area contributed by atoms with Crippen molar-refractivity contribution in [1.29, 1.82) is 0 Å². The lowest BCUT2D eigenvalue weighted by molar-refractivity contribution is -0.133. The van der Waals surface area contributed by atoms with Crippen LogP contribution in [0.5, 0.6) is 0 Å². The van der Waals surface area contributed by atoms with Crippen LogP contribution in [0.4, 0.5) is 4.79 Å². The Morgan fingerprint density at radius 2 is 1.89 bits per heavy atom. The van der Waals surface area contributed by atoms with E-state index in [0.29, 0.717) is 32.2 Å². The second-order valence-electron chi connectivity index (χ2n) is 8.46. The molecule has 0 aromatic rings. The molecule has 1 aliphatic carbocycles. The normalized spacial score (nSPS) is 22.1. The van der Waals surface area contributed by atoms with E-state index in [9.17, 15) is 19.5 Å². The molecule has 3 amide bonds. The van der Waals surface area contributed by atoms with Crippen LogP contribution in [0.25, 0.3) is 0 Å². The van der Waals surface area contributed by atoms with Crippen LogP contribution in [-0.4, -0.2) is 64.3 Å². The van der Waals surface area contributed by atoms with Gasteiger partial charge in [0.2, 0.25) is 5.91 Å². The van der Waals surface area contributed by atoms with Gasteiger partial charge in [-0.2, -0.15) is 0 Å². The van der Waals surface area contributed by atoms with E-state index in [1.165, 1.54) is 4.90 Å². The maximum absolute atomic E-state index is 12.8. The van der Waals surface area contributed by atoms with Gasteiger partial charge >= 0.3 is 6.09 Å². The number of nitrogens with one attached hydrogen (secondary N) is 2. The van der Waals surface area contributed by atoms with Crippen LogP contribution in [-0.2, 0) is 14.3 Å². The zero-order valence-corrected chi connectivity index (χ0v) is 16.8. The van der Waals surface area contributed by atoms with E-state index in [1.54, 1.807) is 20.8 Å². The molecule has 0 aromatic heterocycles. The Bertz CT molecular complexity index is 556. The maximum Gasteiger partial charge on any atom is 0.410 e. The SMILES string of the molecule is CCCC(NC(=O)[C@@H]1CCCN1C(=O)OC(C)(C)C)C(O)C(=O)NC1CC1. The maximum atomic E-state index is 12.8. The number of carbonyl (C=O) groups is 3. The highest BCUT2D eigenvalue weighted by molar-refractivity contribution is 5.88. The van der Waals surface area contributed by atoms with Crippen LogP contribution in [0.15, 0.2) is 0 Å². The zero-order chi connectivity index (χ0) is 20.2. The van der Waals surface area contributed by atoms with Gasteiger partial charge in [0.15, 0.2) is 6.10 Å². The Labute approximate surface area is 161 Å². The molecule has 1 heterocycles. The third-order valence-electron chi connectivity index (χ3n) is 4.68. The lowest BCUT2D eigenvalue weighted by Gasteiger charge is -2.30. The molecular weight excluding hydrogens is 350 g/mol. The number of carbonyl (C=O) groups excluding carboxylic acids is 3. The van der Waals surface area contributed by atoms with Crippen LogP contribution < -0.4 is 10.6 Å². The molecule has 8 nitrogen and oxygen atoms in total. The van der Waals surface area contributed by atoms with Crippen molar-refractivity contribution in [2.75, 3.05) is 6.54 Å². The van der Waals surface area contributed by atoms with Crippen molar-refractivity contribution < 1.29 is 24.2 Å². The molecule has 1 saturated heterocycles. The van der Waals surface area contributed by atoms with Gasteiger partial charge in [-0.1, -0.05) is 13.3 Å². The van der Waals surface area contributed by atoms with Crippen molar-refractivity contribution >= 4 is 17.9 Å². The van der Waals surface area contributed by atoms with Gasteiger partial charge < -0.3 is 20.5 Å². The van der Waals surface area contributed by atoms with Gasteiger partial charge in [-0.25, -0.2) is 4.79 Å². The number of nitrogens with zero attached hydrogens (tertiary/aromatic N) is 1. The molecule has 0 bridgehead atoms. The molecule has 3 atom stereocenters. The Morgan fingerprint density at radius 3 is 2.44 bits per heavy atom. The molecule has 2 rings (SSSR count). The Morgan fingerprint density at radius 1 is 1.22 bits per heavy atom. The predicted octanol–water partition coefficient (Wildman–Crippen LogP) is 1.31. The number of aliphatic hydroxyl groups is 1. The molecule has 0 radical (unpaired) electrons. The summed E-state index contributed by atoms with van der Waals surface area (Å²) in [4.78, 5) is 38.7. The number of aliphatic hydroxyl groups excluding tert-OH is 1. The summed E-state index contributed by atoms with van der Waals surface area (Å²) in [5.41, 5.74) is -0.636. The number of rotatable bonds is 7. The first kappa shape index (κ1) is 21.5. The first-order valence-electron chi connectivity index (χ1n) is 9.90. The third kappa shape index (κ3) is 6.37. The van der Waals surface area contributed by atoms with Crippen molar-refractivity contribution in [3.8, 4) is 0 Å². The third-order valence-corrected chi connectivity index (χ3v) is 4.68. The van der Waals surface area contributed by atoms with Crippen molar-refractivity contribution in [1.82, 2.24) is 15.5 Å². The fourth-order valence-corrected chi connectivity index (χ4v) is 3.17. The molecular formula is C19H33N3O5. The number of likely N-dealkylation sites (tertiary alicyclic amines) is 1. The summed E-state index contributed by atoms with van der Waals surface area (Å²) in [7, 11) is 0. The van der Waals surface area contributed by atoms with Crippen molar-refractivity contribution in [3.63, 3.8) is 0 Å². The average Bonchev–Trinajstić information content (AvgIpc) is 3.23. The first-order valence-corrected chi connectivity index (χ1v) is 9.90. The molecule has 3 N–H and O–H groups in total. The van der Waals surface area contributed by atoms with E-state index >= 15 is 0 Å². The van der Waals surface area contributed by atoms with Crippen LogP contribution in [0, 0.1) is 0 Å². The fraction of sp³-hybridized carbons (Fsp3) is 0.842. The highest BCUT2D eigenvalue weighted by Crippen LogP contribution is 2.22. The van der Waals surface area contributed by atoms with Crippen LogP contribution in [0.2, 0.25) is 0 Å². The highest BCUT2D eigenvalue weighted by Gasteiger charge is 2.39. The van der Waals surface area contributed by atoms with Crippen LogP contribution >= 0.6 is 0 Å². The molecule has 2 aliphatic rings. The summed E-state index contributed by atoms with van der Waals surface area (Å²) >= 11 is 0. The number of hydrogen-bond donors (Lipinski definition) is 3. The van der Waals surface area contributed by atoms with Crippen LogP contribution in [0.1, 0.15) is 66.2 Å². The molecule has 8 heteroatoms. The number of hydrogen-bond acceptors (Lipinski definition) is 5. The van der Waals surface area contributed by atoms with Gasteiger partial charge in [-0.05, 0) is 52.9 Å². The number of ether oxygens (including phenoxy) is 1. The molecule has 2 unspecified atom stereocenters. The first-order chi connectivity index (χ1) is 12.6. The van der Waals surface area contributed by atoms with Gasteiger partial charge in [0.1, 0.15) is 11.6 Å². The van der Waals surface area contributed by atoms with Gasteiger partial charge in [0.25, 0.3) is 5.91 Å². The van der Waals surface area contributed by atoms with E-state index in [2.05, 4.69) is 10.6 Å². The monoisotopic (exact) mass is 383 g/mol. The minimum atomic E-state index is -1.30. The van der Waals surface area contributed by atoms with E-state index in [0.717, 1.165) is 12.8 Å². The van der Waals surface area contributed by atoms with Crippen molar-refractivity contribution in [2.24, 2.45) is 0 Å². The quantitative estimate of drug-likeness (QED) is 0.614. The van der Waals surface area contributed by atoms with Gasteiger partial charge in [0.05, 0.1) is 6.04 Å². The minimum Gasteiger partial charge on any atom is -0.444 e. The van der Waals surface area contributed by atoms with Crippen molar-refractivity contribution in [3.05, 3.63) is 0 Å². The zero-order valence-electron chi connectivity index (χ0n) is 16.8. The fourth-order valence-electron chi connectivity index (χ4n) is 3.17. The Kier molecular flexibility index (Phi) is 7.08. The molecule has 1 aliphatic heterocycles. The largest absolute Gasteiger partial charge is 0.444 e. The summed E-state index contributed by atoms with van der Waals surface area (Å²) in [5, 5.41) is 15.9. The summed E-state index contributed by atoms with van der Waals surface area (Å²) in [6, 6.07) is -1.18. The summed E-state index contributed by atoms with van der Waals surface area (Å²) < 4.78 is 5.38. The van der Waals surface area contributed by atoms with E-state index in [-0.39, 0.29) is 11.9 Å². The van der Waals surface area contributed by atoms with Gasteiger partial charge in [-0.3, -0.25) is 14.5 Å². The Balaban J connectivity index is 1.98. The van der Waals surface area contributed by atoms with Crippen LogP contribution in [0.3, 0.4) is 0 Å². The van der Waals surface area contributed by atoms with E-state index in [1.807, 2.05) is 6.92 Å². The number of amides is 3. The van der Waals surface area contributed by atoms with Gasteiger partial charge in [0, 0.05) is 12.6 Å². The molecule has 154 valence electrons. The molecule has 0 spiro atoms. The Hall–Kier alpha value is -1.83. The second-order valence-corrected chi connectivity index (χ2v) is 8.46. The summed E-state index contributed by atoms with van der Waals surface area (Å²) in [6.45, 7) is 7.72. The molecule has 0 aromatic carbocycles. The highest BCUT2D eigenvalue weighted by atomic mass is 16.6. The van der Waals surface area contributed by atoms with Gasteiger partial charge in [-0.15, -0.1) is 0 Å². The summed E-state index contributed by atoms with van der Waals surface area (Å²) in [5.74, 6) is -0.804. The predicted molar refractivity (Wildman–Crippen MR) is 100.0 cm³/mol. The topological polar surface area (TPSA) is 108 Å². The van der Waals surface area contributed by atoms with E-state index < -0.39 is 35.8 Å².